The van der Waals surface area contributed by atoms with Crippen molar-refractivity contribution in [2.24, 2.45) is 11.3 Å². The van der Waals surface area contributed by atoms with Crippen molar-refractivity contribution >= 4 is 17.3 Å². The molecular formula is C16H23N3O. The number of anilines is 2. The van der Waals surface area contributed by atoms with E-state index in [0.29, 0.717) is 5.91 Å². The molecule has 1 heterocycles. The first-order valence-corrected chi connectivity index (χ1v) is 7.37. The number of hydrogen-bond donors (Lipinski definition) is 1. The molecule has 108 valence electrons. The molecule has 0 bridgehead atoms. The molecule has 20 heavy (non-hydrogen) atoms. The van der Waals surface area contributed by atoms with Gasteiger partial charge in [0.05, 0.1) is 0 Å². The van der Waals surface area contributed by atoms with Crippen molar-refractivity contribution < 1.29 is 4.79 Å². The number of rotatable bonds is 2. The molecule has 1 amide bonds. The van der Waals surface area contributed by atoms with Crippen LogP contribution in [0.25, 0.3) is 0 Å². The second-order valence-corrected chi connectivity index (χ2v) is 6.65. The summed E-state index contributed by atoms with van der Waals surface area (Å²) in [6.07, 6.45) is 1.05. The molecule has 1 saturated heterocycles. The lowest BCUT2D eigenvalue weighted by atomic mass is 10.1. The first kappa shape index (κ1) is 13.3. The summed E-state index contributed by atoms with van der Waals surface area (Å²) in [6.45, 7) is 7.83. The van der Waals surface area contributed by atoms with Crippen LogP contribution in [-0.4, -0.2) is 37.0 Å². The molecule has 3 rings (SSSR count). The van der Waals surface area contributed by atoms with Crippen LogP contribution in [0.1, 0.15) is 20.3 Å². The number of carbonyl (C=O) groups is 1. The Balaban J connectivity index is 1.57. The van der Waals surface area contributed by atoms with Crippen LogP contribution in [0.4, 0.5) is 11.4 Å². The average molecular weight is 273 g/mol. The maximum atomic E-state index is 12.4. The van der Waals surface area contributed by atoms with Gasteiger partial charge < -0.3 is 15.5 Å². The van der Waals surface area contributed by atoms with E-state index in [9.17, 15) is 4.79 Å². The molecule has 2 fully saturated rings. The highest BCUT2D eigenvalue weighted by atomic mass is 16.2. The number of amides is 1. The summed E-state index contributed by atoms with van der Waals surface area (Å²) < 4.78 is 0. The number of hydrogen-bond acceptors (Lipinski definition) is 3. The van der Waals surface area contributed by atoms with Crippen molar-refractivity contribution in [2.45, 2.75) is 20.3 Å². The zero-order chi connectivity index (χ0) is 14.3. The molecule has 4 nitrogen and oxygen atoms in total. The van der Waals surface area contributed by atoms with Crippen LogP contribution in [0.5, 0.6) is 0 Å². The van der Waals surface area contributed by atoms with Gasteiger partial charge >= 0.3 is 0 Å². The normalized spacial score (nSPS) is 24.6. The third-order valence-corrected chi connectivity index (χ3v) is 4.66. The monoisotopic (exact) mass is 273 g/mol. The fraction of sp³-hybridized carbons (Fsp3) is 0.562. The van der Waals surface area contributed by atoms with Crippen molar-refractivity contribution in [1.29, 1.82) is 0 Å². The second-order valence-electron chi connectivity index (χ2n) is 6.65. The summed E-state index contributed by atoms with van der Waals surface area (Å²) in [6, 6.07) is 7.97. The zero-order valence-electron chi connectivity index (χ0n) is 12.3. The van der Waals surface area contributed by atoms with Gasteiger partial charge in [0, 0.05) is 43.5 Å². The number of nitrogens with two attached hydrogens (primary N) is 1. The van der Waals surface area contributed by atoms with Gasteiger partial charge in [0.2, 0.25) is 5.91 Å². The topological polar surface area (TPSA) is 49.6 Å². The molecule has 2 N–H and O–H groups in total. The smallest absolute Gasteiger partial charge is 0.226 e. The van der Waals surface area contributed by atoms with Crippen molar-refractivity contribution in [3.63, 3.8) is 0 Å². The predicted octanol–water partition coefficient (Wildman–Crippen LogP) is 1.96. The lowest BCUT2D eigenvalue weighted by molar-refractivity contribution is -0.133. The lowest BCUT2D eigenvalue weighted by Gasteiger charge is -2.36. The SMILES string of the molecule is CC1(C)CC1C(=O)N1CCN(c2ccc(N)cc2)CC1. The van der Waals surface area contributed by atoms with Crippen LogP contribution >= 0.6 is 0 Å². The zero-order valence-corrected chi connectivity index (χ0v) is 12.3. The van der Waals surface area contributed by atoms with E-state index >= 15 is 0 Å². The van der Waals surface area contributed by atoms with Crippen molar-refractivity contribution in [2.75, 3.05) is 36.8 Å². The first-order valence-electron chi connectivity index (χ1n) is 7.37. The average Bonchev–Trinajstić information content (AvgIpc) is 3.08. The number of piperazine rings is 1. The highest BCUT2D eigenvalue weighted by Gasteiger charge is 2.52. The molecule has 4 heteroatoms. The highest BCUT2D eigenvalue weighted by molar-refractivity contribution is 5.82. The van der Waals surface area contributed by atoms with E-state index in [4.69, 9.17) is 5.73 Å². The fourth-order valence-corrected chi connectivity index (χ4v) is 2.98. The van der Waals surface area contributed by atoms with Crippen LogP contribution in [0.3, 0.4) is 0 Å². The minimum absolute atomic E-state index is 0.227. The van der Waals surface area contributed by atoms with Crippen LogP contribution in [0.15, 0.2) is 24.3 Å². The third-order valence-electron chi connectivity index (χ3n) is 4.66. The predicted molar refractivity (Wildman–Crippen MR) is 81.5 cm³/mol. The quantitative estimate of drug-likeness (QED) is 0.838. The summed E-state index contributed by atoms with van der Waals surface area (Å²) in [5.74, 6) is 0.609. The number of nitrogen functional groups attached to an aromatic ring is 1. The van der Waals surface area contributed by atoms with E-state index in [0.717, 1.165) is 38.3 Å². The molecule has 1 aromatic carbocycles. The maximum absolute atomic E-state index is 12.4. The Morgan fingerprint density at radius 2 is 1.70 bits per heavy atom. The minimum Gasteiger partial charge on any atom is -0.399 e. The molecule has 0 aromatic heterocycles. The molecule has 1 saturated carbocycles. The Hall–Kier alpha value is -1.71. The summed E-state index contributed by atoms with van der Waals surface area (Å²) in [4.78, 5) is 16.7. The Morgan fingerprint density at radius 1 is 1.15 bits per heavy atom. The lowest BCUT2D eigenvalue weighted by Crippen LogP contribution is -2.49. The number of nitrogens with zero attached hydrogens (tertiary/aromatic N) is 2. The largest absolute Gasteiger partial charge is 0.399 e. The van der Waals surface area contributed by atoms with Crippen LogP contribution in [-0.2, 0) is 4.79 Å². The van der Waals surface area contributed by atoms with Crippen LogP contribution in [0, 0.1) is 11.3 Å². The fourth-order valence-electron chi connectivity index (χ4n) is 2.98. The molecule has 0 radical (unpaired) electrons. The molecule has 1 atom stereocenters. The van der Waals surface area contributed by atoms with Crippen molar-refractivity contribution in [1.82, 2.24) is 4.90 Å². The summed E-state index contributed by atoms with van der Waals surface area (Å²) in [5.41, 5.74) is 7.92. The van der Waals surface area contributed by atoms with E-state index < -0.39 is 0 Å². The Kier molecular flexibility index (Phi) is 3.11. The minimum atomic E-state index is 0.227. The van der Waals surface area contributed by atoms with E-state index in [1.807, 2.05) is 17.0 Å². The molecule has 0 spiro atoms. The molecule has 1 aliphatic carbocycles. The number of carbonyl (C=O) groups excluding carboxylic acids is 1. The first-order chi connectivity index (χ1) is 9.47. The standard InChI is InChI=1S/C16H23N3O/c1-16(2)11-14(16)15(20)19-9-7-18(8-10-19)13-5-3-12(17)4-6-13/h3-6,14H,7-11,17H2,1-2H3. The van der Waals surface area contributed by atoms with E-state index in [1.165, 1.54) is 5.69 Å². The summed E-state index contributed by atoms with van der Waals surface area (Å²) in [5, 5.41) is 0. The Labute approximate surface area is 120 Å². The molecular weight excluding hydrogens is 250 g/mol. The molecule has 1 aliphatic heterocycles. The molecule has 1 aromatic rings. The highest BCUT2D eigenvalue weighted by Crippen LogP contribution is 2.52. The van der Waals surface area contributed by atoms with Crippen LogP contribution in [0.2, 0.25) is 0 Å². The van der Waals surface area contributed by atoms with E-state index in [-0.39, 0.29) is 11.3 Å². The van der Waals surface area contributed by atoms with E-state index in [1.54, 1.807) is 0 Å². The van der Waals surface area contributed by atoms with Crippen molar-refractivity contribution in [3.8, 4) is 0 Å². The third kappa shape index (κ3) is 2.47. The van der Waals surface area contributed by atoms with Crippen molar-refractivity contribution in [3.05, 3.63) is 24.3 Å². The Bertz CT molecular complexity index is 501. The van der Waals surface area contributed by atoms with Gasteiger partial charge in [-0.3, -0.25) is 4.79 Å². The van der Waals surface area contributed by atoms with Gasteiger partial charge in [-0.05, 0) is 36.1 Å². The van der Waals surface area contributed by atoms with Gasteiger partial charge in [-0.1, -0.05) is 13.8 Å². The van der Waals surface area contributed by atoms with Gasteiger partial charge in [0.25, 0.3) is 0 Å². The van der Waals surface area contributed by atoms with Gasteiger partial charge in [0.1, 0.15) is 0 Å². The second kappa shape index (κ2) is 4.69. The van der Waals surface area contributed by atoms with Gasteiger partial charge in [-0.15, -0.1) is 0 Å². The molecule has 1 unspecified atom stereocenters. The number of benzene rings is 1. The van der Waals surface area contributed by atoms with Crippen LogP contribution < -0.4 is 10.6 Å². The Morgan fingerprint density at radius 3 is 2.20 bits per heavy atom. The summed E-state index contributed by atoms with van der Waals surface area (Å²) in [7, 11) is 0. The molecule has 2 aliphatic rings. The van der Waals surface area contributed by atoms with E-state index in [2.05, 4.69) is 30.9 Å². The van der Waals surface area contributed by atoms with Gasteiger partial charge in [-0.2, -0.15) is 0 Å². The van der Waals surface area contributed by atoms with Gasteiger partial charge in [-0.25, -0.2) is 0 Å². The summed E-state index contributed by atoms with van der Waals surface area (Å²) >= 11 is 0. The van der Waals surface area contributed by atoms with Gasteiger partial charge in [0.15, 0.2) is 0 Å². The maximum Gasteiger partial charge on any atom is 0.226 e.